The number of fused-ring (bicyclic) bond motifs is 4. The number of para-hydroxylation sites is 4. The predicted molar refractivity (Wildman–Crippen MR) is 278 cm³/mol. The third kappa shape index (κ3) is 14.6. The molecule has 0 radical (unpaired) electrons. The summed E-state index contributed by atoms with van der Waals surface area (Å²) in [5, 5.41) is 52.8. The molecule has 8 rings (SSSR count). The smallest absolute Gasteiger partial charge is 0.550 e. The van der Waals surface area contributed by atoms with Crippen LogP contribution in [0.25, 0.3) is 43.6 Å². The first-order chi connectivity index (χ1) is 34.4. The summed E-state index contributed by atoms with van der Waals surface area (Å²) in [5.74, 6) is -3.80. The summed E-state index contributed by atoms with van der Waals surface area (Å²) in [4.78, 5) is 56.3. The molecule has 16 heteroatoms. The van der Waals surface area contributed by atoms with Crippen LogP contribution in [0.5, 0.6) is 0 Å². The van der Waals surface area contributed by atoms with Crippen LogP contribution in [-0.2, 0) is 30.3 Å². The van der Waals surface area contributed by atoms with E-state index in [9.17, 15) is 29.4 Å². The molecule has 0 fully saturated rings. The summed E-state index contributed by atoms with van der Waals surface area (Å²) in [7, 11) is 1.94. The fraction of sp³-hybridized carbons (Fsp3) is 0.250. The van der Waals surface area contributed by atoms with E-state index >= 15 is 0 Å². The van der Waals surface area contributed by atoms with Crippen molar-refractivity contribution < 1.29 is 73.9 Å². The number of ether oxygens (including phenoxy) is 1. The Morgan fingerprint density at radius 2 is 1.11 bits per heavy atom. The molecule has 0 aliphatic heterocycles. The Bertz CT molecular complexity index is 3080. The number of nitrogens with one attached hydrogen (secondary N) is 3. The molecule has 366 valence electrons. The van der Waals surface area contributed by atoms with Crippen LogP contribution < -0.4 is 55.5 Å². The quantitative estimate of drug-likeness (QED) is 0.0208. The normalized spacial score (nSPS) is 11.3. The Morgan fingerprint density at radius 1 is 0.625 bits per heavy atom. The van der Waals surface area contributed by atoms with E-state index in [1.165, 1.54) is 0 Å². The molecule has 1 atom stereocenters. The maximum Gasteiger partial charge on any atom is 1.00 e. The SMILES string of the molecule is CCCOC(C(=O)O)c1cc(NCCCC(=O)[O-])cc(Nc2c3ccccc3nc3ccccc23)c1.CN(CCCC(=O)O)c1cc(CCCC(=O)O)cc(Nc2c3ccccc3nc3ccccc23)c1.[Na+]. The molecule has 0 aliphatic carbocycles. The number of benzene rings is 6. The van der Waals surface area contributed by atoms with Gasteiger partial charge in [-0.2, -0.15) is 0 Å². The van der Waals surface area contributed by atoms with Crippen molar-refractivity contribution in [2.75, 3.05) is 47.6 Å². The van der Waals surface area contributed by atoms with E-state index in [1.54, 1.807) is 12.1 Å². The standard InChI is InChI=1S/C28H29N3O5.C28H29N3O4.Na/c1-2-14-36-27(28(34)35)18-15-19(29-13-7-12-25(32)33)17-20(16-18)30-26-21-8-3-5-10-23(21)31-24-11-6-4-9-22(24)26;1-31(15-7-14-27(34)35)21-17-19(8-6-13-26(32)33)16-20(18-21)29-28-22-9-2-4-11-24(22)30-25-12-5-3-10-23(25)28;/h3-6,8-11,15-17,27,29H,2,7,12-14H2,1H3,(H,30,31)(H,32,33)(H,34,35);2-5,9-12,16-18H,6-8,13-15H2,1H3,(H,29,30)(H,32,33)(H,34,35);/q;;+1/p-1. The summed E-state index contributed by atoms with van der Waals surface area (Å²) in [6.45, 7) is 3.22. The number of nitrogens with zero attached hydrogens (tertiary/aromatic N) is 3. The van der Waals surface area contributed by atoms with Gasteiger partial charge >= 0.3 is 47.5 Å². The number of hydrogen-bond donors (Lipinski definition) is 6. The van der Waals surface area contributed by atoms with E-state index in [0.29, 0.717) is 68.7 Å². The van der Waals surface area contributed by atoms with Gasteiger partial charge in [-0.1, -0.05) is 79.7 Å². The molecule has 15 nitrogen and oxygen atoms in total. The van der Waals surface area contributed by atoms with E-state index in [2.05, 4.69) is 28.1 Å². The van der Waals surface area contributed by atoms with E-state index in [-0.39, 0.29) is 48.8 Å². The van der Waals surface area contributed by atoms with Gasteiger partial charge in [-0.15, -0.1) is 0 Å². The van der Waals surface area contributed by atoms with Gasteiger partial charge < -0.3 is 50.8 Å². The van der Waals surface area contributed by atoms with Gasteiger partial charge in [-0.3, -0.25) is 9.59 Å². The molecule has 0 amide bonds. The molecule has 6 N–H and O–H groups in total. The molecule has 1 unspecified atom stereocenters. The molecule has 8 aromatic rings. The van der Waals surface area contributed by atoms with Gasteiger partial charge in [0.05, 0.1) is 33.4 Å². The van der Waals surface area contributed by atoms with Crippen LogP contribution in [0.15, 0.2) is 133 Å². The number of carboxylic acids is 4. The minimum Gasteiger partial charge on any atom is -0.550 e. The van der Waals surface area contributed by atoms with Crippen LogP contribution in [0.2, 0.25) is 0 Å². The zero-order chi connectivity index (χ0) is 50.3. The monoisotopic (exact) mass is 980 g/mol. The summed E-state index contributed by atoms with van der Waals surface area (Å²) in [5.41, 5.74) is 9.97. The number of hydrogen-bond acceptors (Lipinski definition) is 12. The topological polar surface area (TPSA) is 226 Å². The van der Waals surface area contributed by atoms with Crippen molar-refractivity contribution in [2.24, 2.45) is 0 Å². The fourth-order valence-electron chi connectivity index (χ4n) is 8.38. The molecule has 0 spiro atoms. The number of carbonyl (C=O) groups is 4. The van der Waals surface area contributed by atoms with Crippen molar-refractivity contribution in [1.82, 2.24) is 9.97 Å². The number of anilines is 6. The van der Waals surface area contributed by atoms with E-state index in [4.69, 9.17) is 24.9 Å². The van der Waals surface area contributed by atoms with Crippen LogP contribution in [0, 0.1) is 0 Å². The van der Waals surface area contributed by atoms with Gasteiger partial charge in [0, 0.05) is 89.8 Å². The molecular weight excluding hydrogens is 924 g/mol. The van der Waals surface area contributed by atoms with Crippen molar-refractivity contribution in [1.29, 1.82) is 0 Å². The second-order valence-corrected chi connectivity index (χ2v) is 17.2. The Morgan fingerprint density at radius 3 is 1.60 bits per heavy atom. The first-order valence-electron chi connectivity index (χ1n) is 23.7. The van der Waals surface area contributed by atoms with Crippen LogP contribution in [-0.4, -0.2) is 75.9 Å². The summed E-state index contributed by atoms with van der Waals surface area (Å²) in [6, 6.07) is 43.2. The van der Waals surface area contributed by atoms with Gasteiger partial charge in [0.1, 0.15) is 0 Å². The maximum absolute atomic E-state index is 12.0. The average Bonchev–Trinajstić information content (AvgIpc) is 3.35. The van der Waals surface area contributed by atoms with Crippen molar-refractivity contribution in [3.63, 3.8) is 0 Å². The minimum atomic E-state index is -1.14. The van der Waals surface area contributed by atoms with Crippen LogP contribution in [0.3, 0.4) is 0 Å². The van der Waals surface area contributed by atoms with Crippen molar-refractivity contribution in [2.45, 2.75) is 64.4 Å². The zero-order valence-corrected chi connectivity index (χ0v) is 42.7. The van der Waals surface area contributed by atoms with Crippen LogP contribution in [0.1, 0.15) is 69.1 Å². The number of aliphatic carboxylic acids is 4. The van der Waals surface area contributed by atoms with Crippen molar-refractivity contribution in [3.05, 3.63) is 145 Å². The minimum absolute atomic E-state index is 0. The Kier molecular flexibility index (Phi) is 19.7. The largest absolute Gasteiger partial charge is 1.00 e. The molecule has 0 saturated heterocycles. The molecule has 2 heterocycles. The van der Waals surface area contributed by atoms with E-state index < -0.39 is 30.0 Å². The first kappa shape index (κ1) is 54.0. The molecule has 0 bridgehead atoms. The van der Waals surface area contributed by atoms with Gasteiger partial charge in [0.2, 0.25) is 0 Å². The van der Waals surface area contributed by atoms with Gasteiger partial charge in [-0.25, -0.2) is 14.8 Å². The number of aromatic nitrogens is 2. The van der Waals surface area contributed by atoms with E-state index in [0.717, 1.165) is 71.9 Å². The third-order valence-electron chi connectivity index (χ3n) is 11.7. The van der Waals surface area contributed by atoms with Gasteiger partial charge in [0.15, 0.2) is 6.10 Å². The van der Waals surface area contributed by atoms with E-state index in [1.807, 2.05) is 128 Å². The Hall–Kier alpha value is -7.30. The number of pyridine rings is 2. The van der Waals surface area contributed by atoms with Gasteiger partial charge in [0.25, 0.3) is 0 Å². The molecular formula is C56H57N6NaO9. The summed E-state index contributed by atoms with van der Waals surface area (Å²) in [6.07, 6.45) is 1.80. The zero-order valence-electron chi connectivity index (χ0n) is 40.7. The number of aryl methyl sites for hydroxylation is 1. The number of rotatable bonds is 23. The van der Waals surface area contributed by atoms with Gasteiger partial charge in [-0.05, 0) is 110 Å². The van der Waals surface area contributed by atoms with Crippen LogP contribution in [0.4, 0.5) is 34.1 Å². The van der Waals surface area contributed by atoms with Crippen molar-refractivity contribution in [3.8, 4) is 0 Å². The number of carbonyl (C=O) groups excluding carboxylic acids is 1. The molecule has 72 heavy (non-hydrogen) atoms. The molecule has 0 saturated carbocycles. The summed E-state index contributed by atoms with van der Waals surface area (Å²) < 4.78 is 5.65. The average molecular weight is 981 g/mol. The van der Waals surface area contributed by atoms with Crippen LogP contribution >= 0.6 is 0 Å². The first-order valence-corrected chi connectivity index (χ1v) is 23.7. The second kappa shape index (κ2) is 26.2. The number of carboxylic acid groups (broad SMARTS) is 4. The third-order valence-corrected chi connectivity index (χ3v) is 11.7. The van der Waals surface area contributed by atoms with Crippen molar-refractivity contribution >= 4 is 102 Å². The molecule has 6 aromatic carbocycles. The maximum atomic E-state index is 12.0. The summed E-state index contributed by atoms with van der Waals surface area (Å²) >= 11 is 0. The molecule has 2 aromatic heterocycles. The predicted octanol–water partition coefficient (Wildman–Crippen LogP) is 7.47. The second-order valence-electron chi connectivity index (χ2n) is 17.2. The Balaban J connectivity index is 0.000000232. The molecule has 0 aliphatic rings. The fourth-order valence-corrected chi connectivity index (χ4v) is 8.38. The Labute approximate surface area is 439 Å².